The first-order chi connectivity index (χ1) is 5.79. The molecule has 0 aliphatic heterocycles. The normalized spacial score (nSPS) is 9.83. The van der Waals surface area contributed by atoms with Crippen molar-refractivity contribution < 1.29 is 8.78 Å². The molecule has 0 aromatic carbocycles. The third-order valence-electron chi connectivity index (χ3n) is 0.982. The van der Waals surface area contributed by atoms with Crippen LogP contribution in [0.4, 0.5) is 8.78 Å². The van der Waals surface area contributed by atoms with Crippen molar-refractivity contribution in [3.05, 3.63) is 17.7 Å². The van der Waals surface area contributed by atoms with Crippen LogP contribution in [0.3, 0.4) is 0 Å². The van der Waals surface area contributed by atoms with Crippen molar-refractivity contribution in [3.63, 3.8) is 0 Å². The molecule has 0 bridgehead atoms. The van der Waals surface area contributed by atoms with Gasteiger partial charge in [0.15, 0.2) is 4.34 Å². The molecule has 0 N–H and O–H groups in total. The first-order valence-corrected chi connectivity index (χ1v) is 5.05. The van der Waals surface area contributed by atoms with Gasteiger partial charge in [-0.2, -0.15) is 8.78 Å². The smallest absolute Gasteiger partial charge is 0.174 e. The lowest BCUT2D eigenvalue weighted by molar-refractivity contribution is 0.418. The van der Waals surface area contributed by atoms with E-state index in [4.69, 9.17) is 0 Å². The van der Waals surface area contributed by atoms with Gasteiger partial charge in [0.05, 0.1) is 0 Å². The van der Waals surface area contributed by atoms with Gasteiger partial charge in [-0.05, 0) is 12.5 Å². The zero-order valence-electron chi connectivity index (χ0n) is 6.04. The van der Waals surface area contributed by atoms with E-state index in [2.05, 4.69) is 10.2 Å². The Morgan fingerprint density at radius 1 is 1.67 bits per heavy atom. The fourth-order valence-electron chi connectivity index (χ4n) is 0.540. The van der Waals surface area contributed by atoms with Gasteiger partial charge in [0.2, 0.25) is 0 Å². The van der Waals surface area contributed by atoms with Crippen LogP contribution in [0.15, 0.2) is 22.0 Å². The summed E-state index contributed by atoms with van der Waals surface area (Å²) in [6, 6.07) is 0. The second-order valence-electron chi connectivity index (χ2n) is 1.84. The lowest BCUT2D eigenvalue weighted by Gasteiger charge is -1.90. The Morgan fingerprint density at radius 3 is 3.08 bits per heavy atom. The Balaban J connectivity index is 2.16. The van der Waals surface area contributed by atoms with E-state index in [0.29, 0.717) is 12.2 Å². The first kappa shape index (κ1) is 9.60. The largest absolute Gasteiger partial charge is 0.266 e. The number of nitrogens with zero attached hydrogens (tertiary/aromatic N) is 2. The molecule has 1 heterocycles. The Morgan fingerprint density at radius 2 is 2.50 bits per heavy atom. The minimum atomic E-state index is -1.62. The van der Waals surface area contributed by atoms with Crippen LogP contribution in [0.1, 0.15) is 6.42 Å². The van der Waals surface area contributed by atoms with Crippen molar-refractivity contribution in [2.45, 2.75) is 10.8 Å². The fraction of sp³-hybridized carbons (Fsp3) is 0.333. The first-order valence-electron chi connectivity index (χ1n) is 3.19. The summed E-state index contributed by atoms with van der Waals surface area (Å²) < 4.78 is 23.9. The molecule has 2 nitrogen and oxygen atoms in total. The minimum Gasteiger partial charge on any atom is -0.174 e. The predicted octanol–water partition coefficient (Wildman–Crippen LogP) is 2.80. The molecule has 0 aliphatic rings. The molecule has 0 fully saturated rings. The Bertz CT molecular complexity index is 244. The molecular formula is C6H6F2N2S2. The third-order valence-corrected chi connectivity index (χ3v) is 2.88. The summed E-state index contributed by atoms with van der Waals surface area (Å²) >= 11 is 2.85. The van der Waals surface area contributed by atoms with Crippen LogP contribution in [0.2, 0.25) is 0 Å². The van der Waals surface area contributed by atoms with Gasteiger partial charge in [-0.15, -0.1) is 10.2 Å². The van der Waals surface area contributed by atoms with Crippen LogP contribution in [0.5, 0.6) is 0 Å². The van der Waals surface area contributed by atoms with E-state index < -0.39 is 6.08 Å². The highest BCUT2D eigenvalue weighted by Gasteiger charge is 1.96. The SMILES string of the molecule is FC(F)=CCCSc1nncs1. The van der Waals surface area contributed by atoms with Crippen LogP contribution in [-0.2, 0) is 0 Å². The molecule has 6 heteroatoms. The summed E-state index contributed by atoms with van der Waals surface area (Å²) in [5.74, 6) is 0.618. The highest BCUT2D eigenvalue weighted by molar-refractivity contribution is 8.00. The maximum Gasteiger partial charge on any atom is 0.266 e. The monoisotopic (exact) mass is 208 g/mol. The number of halogens is 2. The summed E-state index contributed by atoms with van der Waals surface area (Å²) in [6.07, 6.45) is -0.339. The summed E-state index contributed by atoms with van der Waals surface area (Å²) in [6.45, 7) is 0. The maximum absolute atomic E-state index is 11.5. The van der Waals surface area contributed by atoms with Crippen molar-refractivity contribution in [1.29, 1.82) is 0 Å². The van der Waals surface area contributed by atoms with Crippen molar-refractivity contribution in [2.24, 2.45) is 0 Å². The Hall–Kier alpha value is -0.490. The third kappa shape index (κ3) is 3.77. The van der Waals surface area contributed by atoms with Gasteiger partial charge in [0.25, 0.3) is 6.08 Å². The van der Waals surface area contributed by atoms with Gasteiger partial charge in [0.1, 0.15) is 5.51 Å². The topological polar surface area (TPSA) is 25.8 Å². The van der Waals surface area contributed by atoms with Gasteiger partial charge in [-0.3, -0.25) is 0 Å². The molecule has 0 unspecified atom stereocenters. The molecule has 0 spiro atoms. The van der Waals surface area contributed by atoms with E-state index in [1.54, 1.807) is 5.51 Å². The average molecular weight is 208 g/mol. The van der Waals surface area contributed by atoms with Gasteiger partial charge in [0, 0.05) is 5.75 Å². The lowest BCUT2D eigenvalue weighted by atomic mass is 10.5. The molecule has 1 aromatic heterocycles. The fourth-order valence-corrected chi connectivity index (χ4v) is 1.99. The molecule has 0 aliphatic carbocycles. The maximum atomic E-state index is 11.5. The van der Waals surface area contributed by atoms with Crippen LogP contribution in [0.25, 0.3) is 0 Å². The lowest BCUT2D eigenvalue weighted by Crippen LogP contribution is -1.76. The number of thioether (sulfide) groups is 1. The average Bonchev–Trinajstić information content (AvgIpc) is 2.49. The second kappa shape index (κ2) is 5.21. The van der Waals surface area contributed by atoms with Gasteiger partial charge in [-0.1, -0.05) is 23.1 Å². The molecule has 0 amide bonds. The molecule has 0 saturated heterocycles. The van der Waals surface area contributed by atoms with Crippen LogP contribution in [-0.4, -0.2) is 16.0 Å². The van der Waals surface area contributed by atoms with Crippen LogP contribution >= 0.6 is 23.1 Å². The van der Waals surface area contributed by atoms with E-state index in [0.717, 1.165) is 10.4 Å². The molecular weight excluding hydrogens is 202 g/mol. The van der Waals surface area contributed by atoms with E-state index in [1.807, 2.05) is 0 Å². The standard InChI is InChI=1S/C6H6F2N2S2/c7-5(8)2-1-3-11-6-10-9-4-12-6/h2,4H,1,3H2. The van der Waals surface area contributed by atoms with E-state index in [-0.39, 0.29) is 0 Å². The molecule has 0 atom stereocenters. The summed E-state index contributed by atoms with van der Waals surface area (Å²) in [5, 5.41) is 7.38. The number of allylic oxidation sites excluding steroid dienone is 1. The molecule has 12 heavy (non-hydrogen) atoms. The van der Waals surface area contributed by atoms with Gasteiger partial charge in [-0.25, -0.2) is 0 Å². The van der Waals surface area contributed by atoms with Gasteiger partial charge >= 0.3 is 0 Å². The number of aromatic nitrogens is 2. The van der Waals surface area contributed by atoms with Crippen LogP contribution < -0.4 is 0 Å². The molecule has 1 aromatic rings. The number of rotatable bonds is 4. The van der Waals surface area contributed by atoms with Crippen LogP contribution in [0, 0.1) is 0 Å². The molecule has 66 valence electrons. The van der Waals surface area contributed by atoms with Crippen molar-refractivity contribution in [2.75, 3.05) is 5.75 Å². The summed E-state index contributed by atoms with van der Waals surface area (Å²) in [7, 11) is 0. The molecule has 0 saturated carbocycles. The molecule has 0 radical (unpaired) electrons. The van der Waals surface area contributed by atoms with Crippen molar-refractivity contribution >= 4 is 23.1 Å². The highest BCUT2D eigenvalue weighted by atomic mass is 32.2. The molecule has 1 rings (SSSR count). The van der Waals surface area contributed by atoms with Crippen molar-refractivity contribution in [3.8, 4) is 0 Å². The zero-order chi connectivity index (χ0) is 8.81. The summed E-state index contributed by atoms with van der Waals surface area (Å²) in [5.41, 5.74) is 1.62. The Kier molecular flexibility index (Phi) is 4.16. The highest BCUT2D eigenvalue weighted by Crippen LogP contribution is 2.19. The summed E-state index contributed by atoms with van der Waals surface area (Å²) in [4.78, 5) is 0. The van der Waals surface area contributed by atoms with E-state index >= 15 is 0 Å². The Labute approximate surface area is 76.7 Å². The number of hydrogen-bond donors (Lipinski definition) is 0. The van der Waals surface area contributed by atoms with E-state index in [9.17, 15) is 8.78 Å². The van der Waals surface area contributed by atoms with Crippen molar-refractivity contribution in [1.82, 2.24) is 10.2 Å². The minimum absolute atomic E-state index is 0.368. The number of hydrogen-bond acceptors (Lipinski definition) is 4. The zero-order valence-corrected chi connectivity index (χ0v) is 7.67. The van der Waals surface area contributed by atoms with E-state index in [1.165, 1.54) is 23.1 Å². The second-order valence-corrected chi connectivity index (χ2v) is 4.01. The predicted molar refractivity (Wildman–Crippen MR) is 45.5 cm³/mol. The quantitative estimate of drug-likeness (QED) is 0.562. The van der Waals surface area contributed by atoms with Gasteiger partial charge < -0.3 is 0 Å².